The van der Waals surface area contributed by atoms with E-state index in [1.54, 1.807) is 66.6 Å². The maximum absolute atomic E-state index is 13.7. The van der Waals surface area contributed by atoms with E-state index in [1.807, 2.05) is 31.2 Å². The molecular formula is C28H25N3O4S2. The molecule has 0 saturated heterocycles. The number of rotatable bonds is 8. The fourth-order valence-electron chi connectivity index (χ4n) is 4.06. The van der Waals surface area contributed by atoms with Crippen molar-refractivity contribution in [3.8, 4) is 0 Å². The number of aromatic nitrogens is 1. The number of amides is 1. The highest BCUT2D eigenvalue weighted by atomic mass is 32.2. The molecule has 0 aliphatic heterocycles. The number of hydrogen-bond donors (Lipinski definition) is 0. The lowest BCUT2D eigenvalue weighted by molar-refractivity contribution is 0.0983. The molecule has 0 aliphatic rings. The fraction of sp³-hybridized carbons (Fsp3) is 0.143. The Bertz CT molecular complexity index is 1630. The number of benzene rings is 3. The van der Waals surface area contributed by atoms with Gasteiger partial charge >= 0.3 is 0 Å². The number of carbonyl (C=O) groups is 1. The number of hydrogen-bond acceptors (Lipinski definition) is 6. The van der Waals surface area contributed by atoms with Gasteiger partial charge in [0.2, 0.25) is 0 Å². The van der Waals surface area contributed by atoms with Crippen LogP contribution in [0.2, 0.25) is 0 Å². The maximum Gasteiger partial charge on any atom is 0.264 e. The van der Waals surface area contributed by atoms with Crippen molar-refractivity contribution in [2.75, 3.05) is 15.7 Å². The van der Waals surface area contributed by atoms with E-state index in [1.165, 1.54) is 27.8 Å². The minimum absolute atomic E-state index is 0.114. The minimum atomic E-state index is -3.80. The Balaban J connectivity index is 1.47. The van der Waals surface area contributed by atoms with E-state index in [4.69, 9.17) is 4.42 Å². The smallest absolute Gasteiger partial charge is 0.264 e. The van der Waals surface area contributed by atoms with Crippen molar-refractivity contribution in [1.82, 2.24) is 4.98 Å². The Morgan fingerprint density at radius 3 is 2.41 bits per heavy atom. The normalized spacial score (nSPS) is 11.5. The SMILES string of the molecule is CCN(c1ccccc1)S(=O)(=O)c1ccc(C(=O)N(Cc2ccco2)c2nc3ccc(C)cc3s2)cc1. The van der Waals surface area contributed by atoms with Crippen LogP contribution in [0.3, 0.4) is 0 Å². The quantitative estimate of drug-likeness (QED) is 0.236. The van der Waals surface area contributed by atoms with Crippen molar-refractivity contribution in [3.05, 3.63) is 108 Å². The second-order valence-corrected chi connectivity index (χ2v) is 11.3. The predicted molar refractivity (Wildman–Crippen MR) is 147 cm³/mol. The van der Waals surface area contributed by atoms with Crippen LogP contribution in [0.5, 0.6) is 0 Å². The third kappa shape index (κ3) is 5.00. The number of furan rings is 1. The van der Waals surface area contributed by atoms with Crippen molar-refractivity contribution in [1.29, 1.82) is 0 Å². The number of para-hydroxylation sites is 1. The third-order valence-electron chi connectivity index (χ3n) is 5.92. The molecule has 0 spiro atoms. The molecule has 7 nitrogen and oxygen atoms in total. The van der Waals surface area contributed by atoms with Crippen LogP contribution in [0, 0.1) is 6.92 Å². The summed E-state index contributed by atoms with van der Waals surface area (Å²) in [4.78, 5) is 20.0. The molecule has 5 rings (SSSR count). The van der Waals surface area contributed by atoms with Crippen molar-refractivity contribution in [2.45, 2.75) is 25.3 Å². The predicted octanol–water partition coefficient (Wildman–Crippen LogP) is 6.26. The summed E-state index contributed by atoms with van der Waals surface area (Å²) in [6, 6.07) is 24.5. The van der Waals surface area contributed by atoms with Crippen molar-refractivity contribution in [2.24, 2.45) is 0 Å². The zero-order chi connectivity index (χ0) is 26.0. The average Bonchev–Trinajstić information content (AvgIpc) is 3.57. The van der Waals surface area contributed by atoms with Gasteiger partial charge in [0.05, 0.1) is 33.6 Å². The molecular weight excluding hydrogens is 506 g/mol. The lowest BCUT2D eigenvalue weighted by Gasteiger charge is -2.23. The lowest BCUT2D eigenvalue weighted by Crippen LogP contribution is -2.31. The highest BCUT2D eigenvalue weighted by Gasteiger charge is 2.26. The molecule has 0 fully saturated rings. The van der Waals surface area contributed by atoms with E-state index in [0.717, 1.165) is 15.8 Å². The van der Waals surface area contributed by atoms with Crippen LogP contribution in [-0.4, -0.2) is 25.9 Å². The van der Waals surface area contributed by atoms with Crippen molar-refractivity contribution >= 4 is 48.3 Å². The molecule has 3 aromatic carbocycles. The van der Waals surface area contributed by atoms with Crippen molar-refractivity contribution < 1.29 is 17.6 Å². The van der Waals surface area contributed by atoms with Crippen LogP contribution in [0.15, 0.2) is 101 Å². The molecule has 9 heteroatoms. The Morgan fingerprint density at radius 2 is 1.73 bits per heavy atom. The van der Waals surface area contributed by atoms with Gasteiger partial charge < -0.3 is 4.42 Å². The molecule has 0 N–H and O–H groups in total. The van der Waals surface area contributed by atoms with E-state index in [-0.39, 0.29) is 23.9 Å². The number of carbonyl (C=O) groups excluding carboxylic acids is 1. The highest BCUT2D eigenvalue weighted by Crippen LogP contribution is 2.32. The lowest BCUT2D eigenvalue weighted by atomic mass is 10.2. The van der Waals surface area contributed by atoms with Gasteiger partial charge in [0, 0.05) is 12.1 Å². The van der Waals surface area contributed by atoms with E-state index in [9.17, 15) is 13.2 Å². The number of sulfonamides is 1. The molecule has 0 aliphatic carbocycles. The molecule has 0 atom stereocenters. The Morgan fingerprint density at radius 1 is 0.973 bits per heavy atom. The van der Waals surface area contributed by atoms with Gasteiger partial charge in [-0.1, -0.05) is 35.6 Å². The van der Waals surface area contributed by atoms with Crippen LogP contribution in [-0.2, 0) is 16.6 Å². The molecule has 0 radical (unpaired) electrons. The summed E-state index contributed by atoms with van der Waals surface area (Å²) in [5.41, 5.74) is 2.86. The molecule has 0 unspecified atom stereocenters. The van der Waals surface area contributed by atoms with Crippen LogP contribution < -0.4 is 9.21 Å². The molecule has 0 saturated carbocycles. The topological polar surface area (TPSA) is 83.7 Å². The van der Waals surface area contributed by atoms with E-state index in [0.29, 0.717) is 22.1 Å². The molecule has 2 heterocycles. The van der Waals surface area contributed by atoms with Crippen molar-refractivity contribution in [3.63, 3.8) is 0 Å². The molecule has 0 bridgehead atoms. The Hall–Kier alpha value is -3.95. The molecule has 1 amide bonds. The summed E-state index contributed by atoms with van der Waals surface area (Å²) in [7, 11) is -3.80. The van der Waals surface area contributed by atoms with E-state index >= 15 is 0 Å². The van der Waals surface area contributed by atoms with Gasteiger partial charge in [-0.15, -0.1) is 0 Å². The number of aryl methyl sites for hydroxylation is 1. The van der Waals surface area contributed by atoms with Gasteiger partial charge in [-0.25, -0.2) is 13.4 Å². The van der Waals surface area contributed by atoms with Crippen LogP contribution in [0.4, 0.5) is 10.8 Å². The van der Waals surface area contributed by atoms with Gasteiger partial charge in [-0.05, 0) is 80.1 Å². The third-order valence-corrected chi connectivity index (χ3v) is 8.88. The van der Waals surface area contributed by atoms with Crippen LogP contribution in [0.1, 0.15) is 28.6 Å². The summed E-state index contributed by atoms with van der Waals surface area (Å²) in [6.07, 6.45) is 1.56. The standard InChI is InChI=1S/C28H25N3O4S2/c1-3-31(22-8-5-4-6-9-22)37(33,34)24-14-12-21(13-15-24)27(32)30(19-23-10-7-17-35-23)28-29-25-16-11-20(2)18-26(25)36-28/h4-18H,3,19H2,1-2H3. The van der Waals surface area contributed by atoms with E-state index < -0.39 is 10.0 Å². The van der Waals surface area contributed by atoms with Gasteiger partial charge in [0.25, 0.3) is 15.9 Å². The van der Waals surface area contributed by atoms with E-state index in [2.05, 4.69) is 4.98 Å². The summed E-state index contributed by atoms with van der Waals surface area (Å²) in [5, 5.41) is 0.542. The first-order valence-electron chi connectivity index (χ1n) is 11.8. The van der Waals surface area contributed by atoms with Crippen LogP contribution in [0.25, 0.3) is 10.2 Å². The average molecular weight is 532 g/mol. The second kappa shape index (κ2) is 10.2. The number of anilines is 2. The number of thiazole rings is 1. The van der Waals surface area contributed by atoms with Crippen LogP contribution >= 0.6 is 11.3 Å². The van der Waals surface area contributed by atoms with Gasteiger partial charge in [-0.2, -0.15) is 0 Å². The zero-order valence-electron chi connectivity index (χ0n) is 20.4. The monoisotopic (exact) mass is 531 g/mol. The minimum Gasteiger partial charge on any atom is -0.467 e. The summed E-state index contributed by atoms with van der Waals surface area (Å²) in [5.74, 6) is 0.316. The number of nitrogens with zero attached hydrogens (tertiary/aromatic N) is 3. The van der Waals surface area contributed by atoms with Gasteiger partial charge in [-0.3, -0.25) is 14.0 Å². The largest absolute Gasteiger partial charge is 0.467 e. The maximum atomic E-state index is 13.7. The molecule has 188 valence electrons. The summed E-state index contributed by atoms with van der Waals surface area (Å²) >= 11 is 1.43. The Labute approximate surface area is 219 Å². The van der Waals surface area contributed by atoms with Gasteiger partial charge in [0.15, 0.2) is 5.13 Å². The zero-order valence-corrected chi connectivity index (χ0v) is 22.0. The molecule has 2 aromatic heterocycles. The molecule has 37 heavy (non-hydrogen) atoms. The summed E-state index contributed by atoms with van der Waals surface area (Å²) in [6.45, 7) is 4.27. The highest BCUT2D eigenvalue weighted by molar-refractivity contribution is 7.92. The summed E-state index contributed by atoms with van der Waals surface area (Å²) < 4.78 is 34.5. The van der Waals surface area contributed by atoms with Gasteiger partial charge in [0.1, 0.15) is 5.76 Å². The first-order chi connectivity index (χ1) is 17.9. The molecule has 5 aromatic rings. The first kappa shape index (κ1) is 24.7. The Kier molecular flexibility index (Phi) is 6.82. The fourth-order valence-corrected chi connectivity index (χ4v) is 6.59. The first-order valence-corrected chi connectivity index (χ1v) is 14.0. The second-order valence-electron chi connectivity index (χ2n) is 8.47. The number of fused-ring (bicyclic) bond motifs is 1.